The summed E-state index contributed by atoms with van der Waals surface area (Å²) in [5.41, 5.74) is 5.51. The van der Waals surface area contributed by atoms with Crippen molar-refractivity contribution in [3.8, 4) is 0 Å². The van der Waals surface area contributed by atoms with Gasteiger partial charge in [0.2, 0.25) is 0 Å². The number of nitrogens with zero attached hydrogens (tertiary/aromatic N) is 1. The van der Waals surface area contributed by atoms with E-state index in [1.807, 2.05) is 20.8 Å². The number of hydrogen-bond acceptors (Lipinski definition) is 4. The van der Waals surface area contributed by atoms with Gasteiger partial charge in [0, 0.05) is 24.9 Å². The van der Waals surface area contributed by atoms with Crippen LogP contribution < -0.4 is 5.73 Å². The summed E-state index contributed by atoms with van der Waals surface area (Å²) in [5.74, 6) is 0.199. The van der Waals surface area contributed by atoms with Crippen LogP contribution in [0.15, 0.2) is 0 Å². The Hall–Kier alpha value is -0.130. The molecular weight excluding hydrogens is 200 g/mol. The molecule has 86 valence electrons. The third kappa shape index (κ3) is 4.93. The minimum Gasteiger partial charge on any atom is -0.329 e. The number of likely N-dealkylation sites (N-methyl/N-ethyl adjacent to an activating group) is 1. The second-order valence-electron chi connectivity index (χ2n) is 4.23. The molecule has 0 aliphatic rings. The number of hydrogen-bond donors (Lipinski definition) is 1. The van der Waals surface area contributed by atoms with Crippen LogP contribution in [0.5, 0.6) is 0 Å². The second-order valence-corrected chi connectivity index (χ2v) is 6.49. The van der Waals surface area contributed by atoms with E-state index in [4.69, 9.17) is 5.73 Å². The summed E-state index contributed by atoms with van der Waals surface area (Å²) in [6, 6.07) is 0. The molecule has 5 heteroatoms. The highest BCUT2D eigenvalue weighted by Crippen LogP contribution is 2.11. The zero-order chi connectivity index (χ0) is 11.4. The van der Waals surface area contributed by atoms with Gasteiger partial charge in [-0.25, -0.2) is 8.42 Å². The molecule has 0 bridgehead atoms. The summed E-state index contributed by atoms with van der Waals surface area (Å²) in [6.07, 6.45) is 1.26. The first-order valence-corrected chi connectivity index (χ1v) is 6.92. The van der Waals surface area contributed by atoms with Crippen molar-refractivity contribution in [1.29, 1.82) is 0 Å². The molecule has 4 nitrogen and oxygen atoms in total. The third-order valence-electron chi connectivity index (χ3n) is 2.47. The van der Waals surface area contributed by atoms with E-state index in [1.54, 1.807) is 0 Å². The Morgan fingerprint density at radius 3 is 2.14 bits per heavy atom. The highest BCUT2D eigenvalue weighted by atomic mass is 32.2. The topological polar surface area (TPSA) is 63.4 Å². The Morgan fingerprint density at radius 1 is 1.36 bits per heavy atom. The van der Waals surface area contributed by atoms with Crippen molar-refractivity contribution in [3.05, 3.63) is 0 Å². The molecule has 14 heavy (non-hydrogen) atoms. The fraction of sp³-hybridized carbons (Fsp3) is 1.00. The van der Waals surface area contributed by atoms with Gasteiger partial charge >= 0.3 is 0 Å². The smallest absolute Gasteiger partial charge is 0.148 e. The van der Waals surface area contributed by atoms with Crippen LogP contribution in [0.2, 0.25) is 0 Å². The van der Waals surface area contributed by atoms with Crippen molar-refractivity contribution in [3.63, 3.8) is 0 Å². The lowest BCUT2D eigenvalue weighted by atomic mass is 10.0. The molecule has 0 saturated heterocycles. The van der Waals surface area contributed by atoms with Gasteiger partial charge in [0.1, 0.15) is 9.84 Å². The SMILES string of the molecule is CCN(CCS(C)(=O)=O)C(C)(C)CN. The first kappa shape index (κ1) is 13.9. The Balaban J connectivity index is 4.31. The zero-order valence-corrected chi connectivity index (χ0v) is 10.4. The van der Waals surface area contributed by atoms with Gasteiger partial charge in [-0.2, -0.15) is 0 Å². The van der Waals surface area contributed by atoms with E-state index in [2.05, 4.69) is 4.90 Å². The van der Waals surface area contributed by atoms with Gasteiger partial charge in [-0.05, 0) is 20.4 Å². The summed E-state index contributed by atoms with van der Waals surface area (Å²) in [6.45, 7) is 7.97. The van der Waals surface area contributed by atoms with Gasteiger partial charge in [0.05, 0.1) is 5.75 Å². The van der Waals surface area contributed by atoms with Gasteiger partial charge in [-0.15, -0.1) is 0 Å². The molecule has 0 radical (unpaired) electrons. The minimum atomic E-state index is -2.88. The molecule has 0 heterocycles. The number of nitrogens with two attached hydrogens (primary N) is 1. The van der Waals surface area contributed by atoms with Gasteiger partial charge in [0.25, 0.3) is 0 Å². The molecule has 0 amide bonds. The van der Waals surface area contributed by atoms with Crippen LogP contribution >= 0.6 is 0 Å². The van der Waals surface area contributed by atoms with Crippen LogP contribution in [0.1, 0.15) is 20.8 Å². The van der Waals surface area contributed by atoms with E-state index in [9.17, 15) is 8.42 Å². The number of sulfone groups is 1. The maximum Gasteiger partial charge on any atom is 0.148 e. The molecule has 2 N–H and O–H groups in total. The highest BCUT2D eigenvalue weighted by Gasteiger charge is 2.24. The number of rotatable bonds is 6. The first-order valence-electron chi connectivity index (χ1n) is 4.86. The molecule has 0 aliphatic carbocycles. The standard InChI is InChI=1S/C9H22N2O2S/c1-5-11(9(2,3)8-10)6-7-14(4,12)13/h5-8,10H2,1-4H3. The maximum atomic E-state index is 11.0. The summed E-state index contributed by atoms with van der Waals surface area (Å²) in [7, 11) is -2.88. The molecule has 0 unspecified atom stereocenters. The van der Waals surface area contributed by atoms with Crippen molar-refractivity contribution in [1.82, 2.24) is 4.90 Å². The molecule has 0 rings (SSSR count). The minimum absolute atomic E-state index is 0.126. The average molecular weight is 222 g/mol. The summed E-state index contributed by atoms with van der Waals surface area (Å²) in [4.78, 5) is 2.09. The third-order valence-corrected chi connectivity index (χ3v) is 3.39. The predicted octanol–water partition coefficient (Wildman–Crippen LogP) is 0.0902. The second kappa shape index (κ2) is 5.09. The van der Waals surface area contributed by atoms with E-state index >= 15 is 0 Å². The van der Waals surface area contributed by atoms with Crippen molar-refractivity contribution in [2.24, 2.45) is 5.73 Å². The van der Waals surface area contributed by atoms with E-state index in [0.29, 0.717) is 13.1 Å². The van der Waals surface area contributed by atoms with Crippen molar-refractivity contribution in [2.75, 3.05) is 31.6 Å². The first-order chi connectivity index (χ1) is 6.23. The van der Waals surface area contributed by atoms with E-state index in [-0.39, 0.29) is 11.3 Å². The van der Waals surface area contributed by atoms with Gasteiger partial charge in [-0.3, -0.25) is 4.90 Å². The Labute approximate surface area is 87.4 Å². The highest BCUT2D eigenvalue weighted by molar-refractivity contribution is 7.90. The van der Waals surface area contributed by atoms with Crippen LogP contribution in [-0.2, 0) is 9.84 Å². The summed E-state index contributed by atoms with van der Waals surface area (Å²) >= 11 is 0. The molecule has 0 aromatic rings. The van der Waals surface area contributed by atoms with E-state index in [0.717, 1.165) is 6.54 Å². The maximum absolute atomic E-state index is 11.0. The molecule has 0 aromatic heterocycles. The molecule has 0 spiro atoms. The van der Waals surface area contributed by atoms with Crippen molar-refractivity contribution < 1.29 is 8.42 Å². The Morgan fingerprint density at radius 2 is 1.86 bits per heavy atom. The van der Waals surface area contributed by atoms with Crippen molar-refractivity contribution >= 4 is 9.84 Å². The van der Waals surface area contributed by atoms with Crippen LogP contribution in [0, 0.1) is 0 Å². The van der Waals surface area contributed by atoms with Crippen LogP contribution in [0.4, 0.5) is 0 Å². The molecule has 0 aromatic carbocycles. The fourth-order valence-electron chi connectivity index (χ4n) is 1.29. The molecule has 0 fully saturated rings. The normalized spacial score (nSPS) is 13.6. The van der Waals surface area contributed by atoms with Crippen molar-refractivity contribution in [2.45, 2.75) is 26.3 Å². The quantitative estimate of drug-likeness (QED) is 0.692. The summed E-state index contributed by atoms with van der Waals surface area (Å²) in [5, 5.41) is 0. The molecule has 0 atom stereocenters. The van der Waals surface area contributed by atoms with Crippen LogP contribution in [0.3, 0.4) is 0 Å². The predicted molar refractivity (Wildman–Crippen MR) is 60.1 cm³/mol. The fourth-order valence-corrected chi connectivity index (χ4v) is 1.85. The van der Waals surface area contributed by atoms with Gasteiger partial charge in [-0.1, -0.05) is 6.92 Å². The Bertz CT molecular complexity index is 260. The van der Waals surface area contributed by atoms with E-state index < -0.39 is 9.84 Å². The lowest BCUT2D eigenvalue weighted by molar-refractivity contribution is 0.143. The van der Waals surface area contributed by atoms with Gasteiger partial charge in [0.15, 0.2) is 0 Å². The summed E-state index contributed by atoms with van der Waals surface area (Å²) < 4.78 is 22.0. The largest absolute Gasteiger partial charge is 0.329 e. The molecule has 0 aliphatic heterocycles. The monoisotopic (exact) mass is 222 g/mol. The molecular formula is C9H22N2O2S. The lowest BCUT2D eigenvalue weighted by Gasteiger charge is -2.36. The van der Waals surface area contributed by atoms with E-state index in [1.165, 1.54) is 6.26 Å². The zero-order valence-electron chi connectivity index (χ0n) is 9.58. The van der Waals surface area contributed by atoms with Crippen LogP contribution in [-0.4, -0.2) is 50.5 Å². The van der Waals surface area contributed by atoms with Gasteiger partial charge < -0.3 is 5.73 Å². The Kier molecular flexibility index (Phi) is 5.05. The average Bonchev–Trinajstić information content (AvgIpc) is 2.03. The lowest BCUT2D eigenvalue weighted by Crippen LogP contribution is -2.50. The van der Waals surface area contributed by atoms with Crippen LogP contribution in [0.25, 0.3) is 0 Å². The molecule has 0 saturated carbocycles.